The predicted molar refractivity (Wildman–Crippen MR) is 139 cm³/mol. The van der Waals surface area contributed by atoms with Crippen molar-refractivity contribution >= 4 is 22.6 Å². The fourth-order valence-corrected chi connectivity index (χ4v) is 5.10. The fraction of sp³-hybridized carbons (Fsp3) is 0.393. The molecule has 4 aromatic rings. The minimum absolute atomic E-state index is 0.151. The number of carbonyl (C=O) groups is 1. The highest BCUT2D eigenvalue weighted by Gasteiger charge is 2.30. The standard InChI is InChI=1S/C28H31N5O3/c1-3-35-22-14-15-23-24(16-22)33(21-8-5-9-21)26(25(23)27-29-17(2)36-32-27)18-10-12-20(13-11-18)31-28(34)30-19-6-4-7-19/h10-16,19,21H,3-9H2,1-2H3,(H2,30,31,34). The molecule has 2 N–H and O–H groups in total. The smallest absolute Gasteiger partial charge is 0.319 e. The van der Waals surface area contributed by atoms with Gasteiger partial charge in [-0.25, -0.2) is 4.79 Å². The summed E-state index contributed by atoms with van der Waals surface area (Å²) in [5.41, 5.74) is 4.94. The molecule has 0 atom stereocenters. The molecule has 0 saturated heterocycles. The van der Waals surface area contributed by atoms with Gasteiger partial charge in [-0.2, -0.15) is 4.98 Å². The van der Waals surface area contributed by atoms with Crippen LogP contribution >= 0.6 is 0 Å². The molecule has 186 valence electrons. The van der Waals surface area contributed by atoms with Crippen LogP contribution in [0.25, 0.3) is 33.5 Å². The molecule has 2 aliphatic rings. The van der Waals surface area contributed by atoms with Crippen molar-refractivity contribution in [2.45, 2.75) is 64.5 Å². The minimum atomic E-state index is -0.151. The fourth-order valence-electron chi connectivity index (χ4n) is 5.10. The van der Waals surface area contributed by atoms with Gasteiger partial charge in [0.05, 0.1) is 23.4 Å². The van der Waals surface area contributed by atoms with Gasteiger partial charge < -0.3 is 24.5 Å². The van der Waals surface area contributed by atoms with Crippen molar-refractivity contribution in [1.82, 2.24) is 20.0 Å². The van der Waals surface area contributed by atoms with Gasteiger partial charge in [0, 0.05) is 36.1 Å². The number of carbonyl (C=O) groups excluding carboxylic acids is 1. The van der Waals surface area contributed by atoms with E-state index in [4.69, 9.17) is 9.26 Å². The molecule has 8 heteroatoms. The maximum absolute atomic E-state index is 12.3. The predicted octanol–water partition coefficient (Wildman–Crippen LogP) is 6.46. The monoisotopic (exact) mass is 485 g/mol. The first-order chi connectivity index (χ1) is 17.6. The van der Waals surface area contributed by atoms with Crippen molar-refractivity contribution in [2.24, 2.45) is 0 Å². The number of hydrogen-bond acceptors (Lipinski definition) is 5. The SMILES string of the molecule is CCOc1ccc2c(-c3noc(C)n3)c(-c3ccc(NC(=O)NC4CCC4)cc3)n(C3CCC3)c2c1. The minimum Gasteiger partial charge on any atom is -0.494 e. The quantitative estimate of drug-likeness (QED) is 0.313. The van der Waals surface area contributed by atoms with Gasteiger partial charge in [0.2, 0.25) is 11.7 Å². The van der Waals surface area contributed by atoms with Crippen LogP contribution in [0.4, 0.5) is 10.5 Å². The number of rotatable bonds is 7. The summed E-state index contributed by atoms with van der Waals surface area (Å²) in [6, 6.07) is 14.8. The zero-order chi connectivity index (χ0) is 24.6. The second-order valence-corrected chi connectivity index (χ2v) is 9.73. The first kappa shape index (κ1) is 22.6. The number of nitrogens with zero attached hydrogens (tertiary/aromatic N) is 3. The van der Waals surface area contributed by atoms with Gasteiger partial charge in [-0.1, -0.05) is 17.3 Å². The third kappa shape index (κ3) is 4.10. The van der Waals surface area contributed by atoms with Crippen molar-refractivity contribution in [1.29, 1.82) is 0 Å². The molecule has 2 amide bonds. The highest BCUT2D eigenvalue weighted by Crippen LogP contribution is 2.46. The maximum atomic E-state index is 12.3. The van der Waals surface area contributed by atoms with E-state index in [0.29, 0.717) is 30.4 Å². The molecule has 36 heavy (non-hydrogen) atoms. The van der Waals surface area contributed by atoms with Gasteiger partial charge in [0.25, 0.3) is 0 Å². The summed E-state index contributed by atoms with van der Waals surface area (Å²) in [5.74, 6) is 1.96. The molecule has 6 rings (SSSR count). The van der Waals surface area contributed by atoms with Crippen molar-refractivity contribution in [3.05, 3.63) is 48.4 Å². The van der Waals surface area contributed by atoms with E-state index in [1.54, 1.807) is 0 Å². The molecule has 0 radical (unpaired) electrons. The van der Waals surface area contributed by atoms with E-state index in [1.165, 1.54) is 12.8 Å². The zero-order valence-corrected chi connectivity index (χ0v) is 20.7. The zero-order valence-electron chi connectivity index (χ0n) is 20.7. The summed E-state index contributed by atoms with van der Waals surface area (Å²) < 4.78 is 13.7. The number of urea groups is 1. The number of nitrogens with one attached hydrogen (secondary N) is 2. The Morgan fingerprint density at radius 3 is 2.50 bits per heavy atom. The van der Waals surface area contributed by atoms with Crippen LogP contribution < -0.4 is 15.4 Å². The van der Waals surface area contributed by atoms with Crippen LogP contribution in [-0.4, -0.2) is 33.4 Å². The molecular formula is C28H31N5O3. The van der Waals surface area contributed by atoms with Gasteiger partial charge in [-0.3, -0.25) is 0 Å². The van der Waals surface area contributed by atoms with E-state index in [0.717, 1.165) is 64.8 Å². The summed E-state index contributed by atoms with van der Waals surface area (Å²) in [6.45, 7) is 4.42. The normalized spacial score (nSPS) is 15.9. The lowest BCUT2D eigenvalue weighted by Crippen LogP contribution is -2.41. The third-order valence-corrected chi connectivity index (χ3v) is 7.33. The number of anilines is 1. The molecule has 0 bridgehead atoms. The van der Waals surface area contributed by atoms with Crippen molar-refractivity contribution in [3.8, 4) is 28.4 Å². The van der Waals surface area contributed by atoms with Crippen molar-refractivity contribution in [3.63, 3.8) is 0 Å². The van der Waals surface area contributed by atoms with E-state index in [9.17, 15) is 4.79 Å². The Morgan fingerprint density at radius 1 is 1.11 bits per heavy atom. The summed E-state index contributed by atoms with van der Waals surface area (Å²) >= 11 is 0. The van der Waals surface area contributed by atoms with Crippen LogP contribution in [0, 0.1) is 6.92 Å². The lowest BCUT2D eigenvalue weighted by molar-refractivity contribution is 0.240. The Labute approximate surface area is 210 Å². The molecule has 2 aromatic heterocycles. The van der Waals surface area contributed by atoms with Crippen LogP contribution in [0.5, 0.6) is 5.75 Å². The van der Waals surface area contributed by atoms with Crippen molar-refractivity contribution in [2.75, 3.05) is 11.9 Å². The summed E-state index contributed by atoms with van der Waals surface area (Å²) in [4.78, 5) is 16.9. The van der Waals surface area contributed by atoms with Gasteiger partial charge >= 0.3 is 6.03 Å². The van der Waals surface area contributed by atoms with Gasteiger partial charge in [0.1, 0.15) is 5.75 Å². The van der Waals surface area contributed by atoms with Crippen LogP contribution in [0.2, 0.25) is 0 Å². The van der Waals surface area contributed by atoms with E-state index < -0.39 is 0 Å². The molecule has 2 saturated carbocycles. The molecule has 8 nitrogen and oxygen atoms in total. The molecule has 2 heterocycles. The first-order valence-electron chi connectivity index (χ1n) is 12.9. The highest BCUT2D eigenvalue weighted by molar-refractivity contribution is 6.04. The summed E-state index contributed by atoms with van der Waals surface area (Å²) in [7, 11) is 0. The van der Waals surface area contributed by atoms with Crippen LogP contribution in [0.1, 0.15) is 57.4 Å². The molecule has 0 aliphatic heterocycles. The number of ether oxygens (including phenoxy) is 1. The van der Waals surface area contributed by atoms with Gasteiger partial charge in [-0.15, -0.1) is 0 Å². The van der Waals surface area contributed by atoms with Gasteiger partial charge in [-0.05, 0) is 75.3 Å². The first-order valence-corrected chi connectivity index (χ1v) is 12.9. The number of hydrogen-bond donors (Lipinski definition) is 2. The number of benzene rings is 2. The van der Waals surface area contributed by atoms with Crippen LogP contribution in [0.15, 0.2) is 47.0 Å². The topological polar surface area (TPSA) is 94.2 Å². The largest absolute Gasteiger partial charge is 0.494 e. The average molecular weight is 486 g/mol. The third-order valence-electron chi connectivity index (χ3n) is 7.33. The molecule has 0 spiro atoms. The molecule has 2 aliphatic carbocycles. The highest BCUT2D eigenvalue weighted by atomic mass is 16.5. The Hall–Kier alpha value is -3.81. The molecule has 2 fully saturated rings. The molecule has 2 aromatic carbocycles. The lowest BCUT2D eigenvalue weighted by atomic mass is 9.92. The van der Waals surface area contributed by atoms with Crippen LogP contribution in [-0.2, 0) is 0 Å². The van der Waals surface area contributed by atoms with E-state index in [-0.39, 0.29) is 6.03 Å². The molecular weight excluding hydrogens is 454 g/mol. The van der Waals surface area contributed by atoms with E-state index in [1.807, 2.05) is 32.0 Å². The Bertz CT molecular complexity index is 1400. The van der Waals surface area contributed by atoms with E-state index in [2.05, 4.69) is 49.6 Å². The second-order valence-electron chi connectivity index (χ2n) is 9.73. The van der Waals surface area contributed by atoms with Crippen LogP contribution in [0.3, 0.4) is 0 Å². The summed E-state index contributed by atoms with van der Waals surface area (Å²) in [6.07, 6.45) is 6.76. The second kappa shape index (κ2) is 9.33. The summed E-state index contributed by atoms with van der Waals surface area (Å²) in [5, 5.41) is 11.4. The van der Waals surface area contributed by atoms with E-state index >= 15 is 0 Å². The van der Waals surface area contributed by atoms with Crippen molar-refractivity contribution < 1.29 is 14.1 Å². The number of aromatic nitrogens is 3. The number of fused-ring (bicyclic) bond motifs is 1. The average Bonchev–Trinajstić information content (AvgIpc) is 3.37. The van der Waals surface area contributed by atoms with Gasteiger partial charge in [0.15, 0.2) is 0 Å². The number of aryl methyl sites for hydroxylation is 1. The Morgan fingerprint density at radius 2 is 1.89 bits per heavy atom. The lowest BCUT2D eigenvalue weighted by Gasteiger charge is -2.30. The number of amides is 2. The Balaban J connectivity index is 1.45. The maximum Gasteiger partial charge on any atom is 0.319 e. The Kier molecular flexibility index (Phi) is 5.87. The molecule has 0 unspecified atom stereocenters.